The van der Waals surface area contributed by atoms with Gasteiger partial charge in [0.1, 0.15) is 0 Å². The molecule has 0 unspecified atom stereocenters. The van der Waals surface area contributed by atoms with Gasteiger partial charge in [0, 0.05) is 25.8 Å². The minimum absolute atomic E-state index is 0.136. The van der Waals surface area contributed by atoms with E-state index in [0.717, 1.165) is 25.3 Å². The monoisotopic (exact) mass is 265 g/mol. The smallest absolute Gasteiger partial charge is 0.251 e. The lowest BCUT2D eigenvalue weighted by Crippen LogP contribution is -2.18. The maximum atomic E-state index is 11.4. The lowest BCUT2D eigenvalue weighted by Gasteiger charge is -2.11. The molecule has 5 nitrogen and oxygen atoms in total. The second-order valence-corrected chi connectivity index (χ2v) is 4.58. The van der Waals surface area contributed by atoms with E-state index in [1.165, 1.54) is 0 Å². The third kappa shape index (κ3) is 5.18. The van der Waals surface area contributed by atoms with Gasteiger partial charge in [-0.2, -0.15) is 0 Å². The van der Waals surface area contributed by atoms with Crippen LogP contribution in [0.1, 0.15) is 30.6 Å². The van der Waals surface area contributed by atoms with Crippen LogP contribution in [0.3, 0.4) is 0 Å². The zero-order chi connectivity index (χ0) is 14.3. The van der Waals surface area contributed by atoms with Crippen LogP contribution in [0.2, 0.25) is 0 Å². The number of nitrogens with one attached hydrogen (secondary N) is 2. The number of amides is 1. The van der Waals surface area contributed by atoms with E-state index in [-0.39, 0.29) is 12.0 Å². The number of hydrogen-bond acceptors (Lipinski definition) is 4. The highest BCUT2D eigenvalue weighted by Gasteiger charge is 2.06. The molecular formula is C14H23N3O2. The van der Waals surface area contributed by atoms with E-state index in [1.54, 1.807) is 19.2 Å². The summed E-state index contributed by atoms with van der Waals surface area (Å²) in [7, 11) is 1.60. The van der Waals surface area contributed by atoms with E-state index in [4.69, 9.17) is 10.5 Å². The van der Waals surface area contributed by atoms with Gasteiger partial charge < -0.3 is 21.1 Å². The van der Waals surface area contributed by atoms with Gasteiger partial charge in [-0.3, -0.25) is 4.79 Å². The summed E-state index contributed by atoms with van der Waals surface area (Å²) in [5.41, 5.74) is 7.89. The number of nitrogen functional groups attached to an aromatic ring is 1. The third-order valence-corrected chi connectivity index (χ3v) is 2.63. The predicted octanol–water partition coefficient (Wildman–Crippen LogP) is 1.86. The number of carbonyl (C=O) groups excluding carboxylic acids is 1. The summed E-state index contributed by atoms with van der Waals surface area (Å²) in [6.45, 7) is 5.54. The number of anilines is 2. The highest BCUT2D eigenvalue weighted by Crippen LogP contribution is 2.19. The highest BCUT2D eigenvalue weighted by molar-refractivity contribution is 5.95. The standard InChI is InChI=1S/C14H23N3O2/c1-10(2)19-8-4-7-17-13-6-5-11(9-12(13)15)14(18)16-3/h5-6,9-10,17H,4,7-8,15H2,1-3H3,(H,16,18). The van der Waals surface area contributed by atoms with Crippen molar-refractivity contribution >= 4 is 17.3 Å². The van der Waals surface area contributed by atoms with Gasteiger partial charge in [0.15, 0.2) is 0 Å². The number of benzene rings is 1. The Balaban J connectivity index is 2.44. The molecule has 0 heterocycles. The zero-order valence-electron chi connectivity index (χ0n) is 11.8. The Hall–Kier alpha value is -1.75. The van der Waals surface area contributed by atoms with Crippen molar-refractivity contribution in [3.8, 4) is 0 Å². The Morgan fingerprint density at radius 3 is 2.74 bits per heavy atom. The molecule has 0 saturated carbocycles. The number of ether oxygens (including phenoxy) is 1. The molecule has 0 spiro atoms. The lowest BCUT2D eigenvalue weighted by molar-refractivity contribution is 0.0787. The van der Waals surface area contributed by atoms with Crippen LogP contribution in [-0.4, -0.2) is 32.2 Å². The molecule has 0 fully saturated rings. The maximum Gasteiger partial charge on any atom is 0.251 e. The molecule has 1 aromatic carbocycles. The Labute approximate surface area is 114 Å². The first-order valence-corrected chi connectivity index (χ1v) is 6.51. The summed E-state index contributed by atoms with van der Waals surface area (Å²) in [5, 5.41) is 5.80. The van der Waals surface area contributed by atoms with E-state index in [9.17, 15) is 4.79 Å². The molecule has 4 N–H and O–H groups in total. The van der Waals surface area contributed by atoms with Gasteiger partial charge in [-0.1, -0.05) is 0 Å². The Morgan fingerprint density at radius 1 is 1.42 bits per heavy atom. The van der Waals surface area contributed by atoms with Crippen LogP contribution in [0.5, 0.6) is 0 Å². The molecular weight excluding hydrogens is 242 g/mol. The van der Waals surface area contributed by atoms with Crippen molar-refractivity contribution in [3.05, 3.63) is 23.8 Å². The van der Waals surface area contributed by atoms with Crippen LogP contribution in [0.4, 0.5) is 11.4 Å². The van der Waals surface area contributed by atoms with Crippen molar-refractivity contribution in [2.75, 3.05) is 31.2 Å². The molecule has 0 aliphatic heterocycles. The van der Waals surface area contributed by atoms with Gasteiger partial charge in [0.05, 0.1) is 17.5 Å². The molecule has 0 aromatic heterocycles. The second kappa shape index (κ2) is 7.63. The number of rotatable bonds is 7. The zero-order valence-corrected chi connectivity index (χ0v) is 11.8. The predicted molar refractivity (Wildman–Crippen MR) is 78.4 cm³/mol. The van der Waals surface area contributed by atoms with E-state index >= 15 is 0 Å². The van der Waals surface area contributed by atoms with Crippen LogP contribution in [0, 0.1) is 0 Å². The second-order valence-electron chi connectivity index (χ2n) is 4.58. The van der Waals surface area contributed by atoms with Crippen molar-refractivity contribution < 1.29 is 9.53 Å². The van der Waals surface area contributed by atoms with Crippen molar-refractivity contribution in [3.63, 3.8) is 0 Å². The average molecular weight is 265 g/mol. The largest absolute Gasteiger partial charge is 0.397 e. The molecule has 1 rings (SSSR count). The van der Waals surface area contributed by atoms with Gasteiger partial charge in [-0.15, -0.1) is 0 Å². The van der Waals surface area contributed by atoms with Crippen molar-refractivity contribution in [2.45, 2.75) is 26.4 Å². The first kappa shape index (κ1) is 15.3. The molecule has 19 heavy (non-hydrogen) atoms. The molecule has 0 radical (unpaired) electrons. The highest BCUT2D eigenvalue weighted by atomic mass is 16.5. The van der Waals surface area contributed by atoms with Crippen LogP contribution >= 0.6 is 0 Å². The van der Waals surface area contributed by atoms with Crippen LogP contribution in [0.15, 0.2) is 18.2 Å². The first-order valence-electron chi connectivity index (χ1n) is 6.51. The summed E-state index contributed by atoms with van der Waals surface area (Å²) < 4.78 is 5.45. The number of hydrogen-bond donors (Lipinski definition) is 3. The normalized spacial score (nSPS) is 10.5. The molecule has 0 bridgehead atoms. The lowest BCUT2D eigenvalue weighted by atomic mass is 10.1. The minimum atomic E-state index is -0.136. The molecule has 1 amide bonds. The number of nitrogens with two attached hydrogens (primary N) is 1. The summed E-state index contributed by atoms with van der Waals surface area (Å²) in [6, 6.07) is 5.25. The molecule has 106 valence electrons. The van der Waals surface area contributed by atoms with Gasteiger partial charge in [0.25, 0.3) is 5.91 Å². The molecule has 0 saturated heterocycles. The average Bonchev–Trinajstić information content (AvgIpc) is 2.38. The summed E-state index contributed by atoms with van der Waals surface area (Å²) in [5.74, 6) is -0.136. The van der Waals surface area contributed by atoms with E-state index in [1.807, 2.05) is 19.9 Å². The summed E-state index contributed by atoms with van der Waals surface area (Å²) in [6.07, 6.45) is 1.17. The molecule has 1 aromatic rings. The minimum Gasteiger partial charge on any atom is -0.397 e. The van der Waals surface area contributed by atoms with Crippen LogP contribution in [-0.2, 0) is 4.74 Å². The van der Waals surface area contributed by atoms with Crippen LogP contribution < -0.4 is 16.4 Å². The van der Waals surface area contributed by atoms with Crippen molar-refractivity contribution in [2.24, 2.45) is 0 Å². The van der Waals surface area contributed by atoms with Gasteiger partial charge in [-0.25, -0.2) is 0 Å². The Kier molecular flexibility index (Phi) is 6.15. The molecule has 0 aliphatic rings. The molecule has 0 atom stereocenters. The fraction of sp³-hybridized carbons (Fsp3) is 0.500. The van der Waals surface area contributed by atoms with Crippen LogP contribution in [0.25, 0.3) is 0 Å². The van der Waals surface area contributed by atoms with E-state index in [2.05, 4.69) is 10.6 Å². The quantitative estimate of drug-likeness (QED) is 0.519. The van der Waals surface area contributed by atoms with Gasteiger partial charge in [-0.05, 0) is 38.5 Å². The SMILES string of the molecule is CNC(=O)c1ccc(NCCCOC(C)C)c(N)c1. The fourth-order valence-corrected chi connectivity index (χ4v) is 1.62. The summed E-state index contributed by atoms with van der Waals surface area (Å²) >= 11 is 0. The first-order chi connectivity index (χ1) is 9.04. The topological polar surface area (TPSA) is 76.4 Å². The fourth-order valence-electron chi connectivity index (χ4n) is 1.62. The van der Waals surface area contributed by atoms with E-state index < -0.39 is 0 Å². The van der Waals surface area contributed by atoms with Gasteiger partial charge >= 0.3 is 0 Å². The maximum absolute atomic E-state index is 11.4. The Bertz CT molecular complexity index is 419. The Morgan fingerprint density at radius 2 is 2.16 bits per heavy atom. The third-order valence-electron chi connectivity index (χ3n) is 2.63. The van der Waals surface area contributed by atoms with Crippen molar-refractivity contribution in [1.29, 1.82) is 0 Å². The van der Waals surface area contributed by atoms with Crippen molar-refractivity contribution in [1.82, 2.24) is 5.32 Å². The van der Waals surface area contributed by atoms with Gasteiger partial charge in [0.2, 0.25) is 0 Å². The summed E-state index contributed by atoms with van der Waals surface area (Å²) in [4.78, 5) is 11.4. The number of carbonyl (C=O) groups is 1. The molecule has 0 aliphatic carbocycles. The van der Waals surface area contributed by atoms with E-state index in [0.29, 0.717) is 11.3 Å². The molecule has 5 heteroatoms.